The van der Waals surface area contributed by atoms with Crippen LogP contribution in [0.1, 0.15) is 24.5 Å². The zero-order valence-corrected chi connectivity index (χ0v) is 18.0. The average Bonchev–Trinajstić information content (AvgIpc) is 2.74. The molecule has 1 aliphatic heterocycles. The summed E-state index contributed by atoms with van der Waals surface area (Å²) in [7, 11) is -3.56. The maximum atomic E-state index is 13.0. The van der Waals surface area contributed by atoms with Crippen molar-refractivity contribution in [2.45, 2.75) is 38.2 Å². The molecule has 1 fully saturated rings. The second-order valence-corrected chi connectivity index (χ2v) is 9.24. The van der Waals surface area contributed by atoms with Gasteiger partial charge in [-0.3, -0.25) is 4.79 Å². The van der Waals surface area contributed by atoms with Crippen LogP contribution in [-0.4, -0.2) is 55.8 Å². The Balaban J connectivity index is 1.64. The highest BCUT2D eigenvalue weighted by Crippen LogP contribution is 2.21. The number of para-hydroxylation sites is 1. The summed E-state index contributed by atoms with van der Waals surface area (Å²) in [6.45, 7) is 7.05. The van der Waals surface area contributed by atoms with Crippen molar-refractivity contribution in [3.05, 3.63) is 59.7 Å². The fraction of sp³-hybridized carbons (Fsp3) is 0.409. The van der Waals surface area contributed by atoms with E-state index in [0.717, 1.165) is 11.1 Å². The predicted molar refractivity (Wildman–Crippen MR) is 112 cm³/mol. The van der Waals surface area contributed by atoms with Crippen LogP contribution in [-0.2, 0) is 14.8 Å². The molecule has 0 radical (unpaired) electrons. The largest absolute Gasteiger partial charge is 0.481 e. The van der Waals surface area contributed by atoms with Crippen molar-refractivity contribution in [1.82, 2.24) is 9.21 Å². The molecular weight excluding hydrogens is 388 g/mol. The lowest BCUT2D eigenvalue weighted by molar-refractivity contribution is -0.140. The number of piperazine rings is 1. The molecule has 2 aromatic rings. The van der Waals surface area contributed by atoms with Crippen LogP contribution < -0.4 is 4.74 Å². The van der Waals surface area contributed by atoms with E-state index in [2.05, 4.69) is 0 Å². The molecule has 0 unspecified atom stereocenters. The lowest BCUT2D eigenvalue weighted by Gasteiger charge is -2.35. The third kappa shape index (κ3) is 4.79. The van der Waals surface area contributed by atoms with E-state index >= 15 is 0 Å². The topological polar surface area (TPSA) is 66.9 Å². The van der Waals surface area contributed by atoms with Gasteiger partial charge in [-0.1, -0.05) is 31.2 Å². The van der Waals surface area contributed by atoms with E-state index in [1.807, 2.05) is 57.2 Å². The van der Waals surface area contributed by atoms with E-state index in [9.17, 15) is 13.2 Å². The van der Waals surface area contributed by atoms with Crippen LogP contribution >= 0.6 is 0 Å². The number of carbonyl (C=O) groups excluding carboxylic acids is 1. The van der Waals surface area contributed by atoms with Gasteiger partial charge in [-0.25, -0.2) is 8.42 Å². The highest BCUT2D eigenvalue weighted by Gasteiger charge is 2.32. The Hall–Kier alpha value is -2.38. The van der Waals surface area contributed by atoms with E-state index in [1.165, 1.54) is 4.31 Å². The van der Waals surface area contributed by atoms with Crippen molar-refractivity contribution in [3.8, 4) is 5.75 Å². The summed E-state index contributed by atoms with van der Waals surface area (Å²) in [5.74, 6) is 0.559. The summed E-state index contributed by atoms with van der Waals surface area (Å²) in [5, 5.41) is 0. The number of benzene rings is 2. The summed E-state index contributed by atoms with van der Waals surface area (Å²) in [5.41, 5.74) is 2.01. The number of carbonyl (C=O) groups is 1. The Morgan fingerprint density at radius 3 is 2.24 bits per heavy atom. The molecule has 1 saturated heterocycles. The van der Waals surface area contributed by atoms with Gasteiger partial charge < -0.3 is 9.64 Å². The molecule has 2 aromatic carbocycles. The van der Waals surface area contributed by atoms with E-state index < -0.39 is 16.1 Å². The first-order valence-corrected chi connectivity index (χ1v) is 11.3. The summed E-state index contributed by atoms with van der Waals surface area (Å²) in [6.07, 6.45) is -0.0187. The van der Waals surface area contributed by atoms with Gasteiger partial charge in [0.05, 0.1) is 4.90 Å². The molecule has 29 heavy (non-hydrogen) atoms. The van der Waals surface area contributed by atoms with Crippen molar-refractivity contribution in [3.63, 3.8) is 0 Å². The molecule has 1 amide bonds. The van der Waals surface area contributed by atoms with Crippen LogP contribution in [0.2, 0.25) is 0 Å². The summed E-state index contributed by atoms with van der Waals surface area (Å²) in [6, 6.07) is 14.5. The molecule has 7 heteroatoms. The van der Waals surface area contributed by atoms with E-state index in [4.69, 9.17) is 4.74 Å². The maximum Gasteiger partial charge on any atom is 0.263 e. The number of hydrogen-bond donors (Lipinski definition) is 0. The van der Waals surface area contributed by atoms with Gasteiger partial charge in [-0.2, -0.15) is 4.31 Å². The number of nitrogens with zero attached hydrogens (tertiary/aromatic N) is 2. The van der Waals surface area contributed by atoms with Crippen LogP contribution in [0.25, 0.3) is 0 Å². The monoisotopic (exact) mass is 416 g/mol. The fourth-order valence-electron chi connectivity index (χ4n) is 3.35. The van der Waals surface area contributed by atoms with Gasteiger partial charge in [0, 0.05) is 26.2 Å². The molecule has 1 heterocycles. The Morgan fingerprint density at radius 1 is 1.00 bits per heavy atom. The first-order valence-electron chi connectivity index (χ1n) is 9.91. The smallest absolute Gasteiger partial charge is 0.263 e. The standard InChI is InChI=1S/C22H28N2O4S/c1-4-21(28-19-8-6-5-7-9-19)22(25)23-12-14-24(15-13-23)29(26,27)20-11-10-17(2)18(3)16-20/h5-11,16,21H,4,12-15H2,1-3H3/t21-/m0/s1. The van der Waals surface area contributed by atoms with Crippen molar-refractivity contribution < 1.29 is 17.9 Å². The average molecular weight is 417 g/mol. The van der Waals surface area contributed by atoms with Crippen molar-refractivity contribution >= 4 is 15.9 Å². The minimum absolute atomic E-state index is 0.0976. The number of sulfonamides is 1. The summed E-state index contributed by atoms with van der Waals surface area (Å²) >= 11 is 0. The van der Waals surface area contributed by atoms with Gasteiger partial charge in [-0.05, 0) is 55.7 Å². The zero-order valence-electron chi connectivity index (χ0n) is 17.2. The highest BCUT2D eigenvalue weighted by molar-refractivity contribution is 7.89. The quantitative estimate of drug-likeness (QED) is 0.726. The van der Waals surface area contributed by atoms with Crippen molar-refractivity contribution in [2.75, 3.05) is 26.2 Å². The van der Waals surface area contributed by atoms with E-state index in [-0.39, 0.29) is 19.0 Å². The van der Waals surface area contributed by atoms with Crippen LogP contribution in [0.15, 0.2) is 53.4 Å². The minimum atomic E-state index is -3.56. The van der Waals surface area contributed by atoms with E-state index in [1.54, 1.807) is 17.0 Å². The number of hydrogen-bond acceptors (Lipinski definition) is 4. The number of amides is 1. The Morgan fingerprint density at radius 2 is 1.66 bits per heavy atom. The zero-order chi connectivity index (χ0) is 21.0. The summed E-state index contributed by atoms with van der Waals surface area (Å²) < 4.78 is 33.2. The molecule has 0 bridgehead atoms. The van der Waals surface area contributed by atoms with Gasteiger partial charge >= 0.3 is 0 Å². The molecular formula is C22H28N2O4S. The van der Waals surface area contributed by atoms with Gasteiger partial charge in [0.2, 0.25) is 10.0 Å². The van der Waals surface area contributed by atoms with Crippen LogP contribution in [0.5, 0.6) is 5.75 Å². The number of aryl methyl sites for hydroxylation is 2. The van der Waals surface area contributed by atoms with Gasteiger partial charge in [0.15, 0.2) is 6.10 Å². The lowest BCUT2D eigenvalue weighted by Crippen LogP contribution is -2.53. The molecule has 156 valence electrons. The maximum absolute atomic E-state index is 13.0. The highest BCUT2D eigenvalue weighted by atomic mass is 32.2. The third-order valence-electron chi connectivity index (χ3n) is 5.33. The molecule has 0 saturated carbocycles. The molecule has 0 spiro atoms. The molecule has 0 N–H and O–H groups in total. The van der Waals surface area contributed by atoms with E-state index in [0.29, 0.717) is 30.2 Å². The van der Waals surface area contributed by atoms with Gasteiger partial charge in [0.1, 0.15) is 5.75 Å². The second-order valence-electron chi connectivity index (χ2n) is 7.30. The summed E-state index contributed by atoms with van der Waals surface area (Å²) in [4.78, 5) is 14.9. The van der Waals surface area contributed by atoms with Crippen molar-refractivity contribution in [1.29, 1.82) is 0 Å². The van der Waals surface area contributed by atoms with Crippen LogP contribution in [0, 0.1) is 13.8 Å². The predicted octanol–water partition coefficient (Wildman–Crippen LogP) is 2.99. The Bertz CT molecular complexity index is 952. The first kappa shape index (κ1) is 21.3. The number of rotatable bonds is 6. The second kappa shape index (κ2) is 8.97. The lowest BCUT2D eigenvalue weighted by atomic mass is 10.1. The molecule has 0 aromatic heterocycles. The molecule has 1 aliphatic rings. The van der Waals surface area contributed by atoms with Crippen LogP contribution in [0.3, 0.4) is 0 Å². The molecule has 1 atom stereocenters. The van der Waals surface area contributed by atoms with Crippen molar-refractivity contribution in [2.24, 2.45) is 0 Å². The molecule has 0 aliphatic carbocycles. The van der Waals surface area contributed by atoms with Crippen LogP contribution in [0.4, 0.5) is 0 Å². The number of ether oxygens (including phenoxy) is 1. The van der Waals surface area contributed by atoms with Gasteiger partial charge in [0.25, 0.3) is 5.91 Å². The fourth-order valence-corrected chi connectivity index (χ4v) is 4.86. The molecule has 3 rings (SSSR count). The van der Waals surface area contributed by atoms with Gasteiger partial charge in [-0.15, -0.1) is 0 Å². The first-order chi connectivity index (χ1) is 13.8. The third-order valence-corrected chi connectivity index (χ3v) is 7.23. The SMILES string of the molecule is CC[C@H](Oc1ccccc1)C(=O)N1CCN(S(=O)(=O)c2ccc(C)c(C)c2)CC1. The minimum Gasteiger partial charge on any atom is -0.481 e. The normalized spacial score (nSPS) is 16.4. The molecule has 6 nitrogen and oxygen atoms in total. The Kier molecular flexibility index (Phi) is 6.59. The Labute approximate surface area is 173 Å².